The van der Waals surface area contributed by atoms with E-state index in [2.05, 4.69) is 9.97 Å². The average molecular weight is 322 g/mol. The van der Waals surface area contributed by atoms with Crippen molar-refractivity contribution in [2.45, 2.75) is 0 Å². The molecule has 1 saturated heterocycles. The fourth-order valence-corrected chi connectivity index (χ4v) is 2.54. The molecule has 2 aromatic rings. The predicted molar refractivity (Wildman–Crippen MR) is 90.0 cm³/mol. The normalized spacial score (nSPS) is 14.8. The standard InChI is InChI=1S/C18H18N4O2/c23-17(7-6-15-4-2-1-3-5-15)21-10-12-22(13-11-21)18(24)16-14-19-8-9-20-16/h1-9,14H,10-13H2/b7-6+. The van der Waals surface area contributed by atoms with Crippen LogP contribution in [0, 0.1) is 0 Å². The van der Waals surface area contributed by atoms with Gasteiger partial charge in [0.1, 0.15) is 5.69 Å². The molecule has 3 rings (SSSR count). The number of amides is 2. The first-order valence-electron chi connectivity index (χ1n) is 7.81. The van der Waals surface area contributed by atoms with E-state index in [-0.39, 0.29) is 11.8 Å². The zero-order chi connectivity index (χ0) is 16.8. The molecule has 0 spiro atoms. The highest BCUT2D eigenvalue weighted by Crippen LogP contribution is 2.08. The van der Waals surface area contributed by atoms with Gasteiger partial charge in [-0.1, -0.05) is 30.3 Å². The maximum Gasteiger partial charge on any atom is 0.274 e. The van der Waals surface area contributed by atoms with Crippen LogP contribution in [0.15, 0.2) is 55.0 Å². The summed E-state index contributed by atoms with van der Waals surface area (Å²) in [6.07, 6.45) is 7.88. The minimum absolute atomic E-state index is 0.0366. The number of nitrogens with zero attached hydrogens (tertiary/aromatic N) is 4. The van der Waals surface area contributed by atoms with E-state index in [0.717, 1.165) is 5.56 Å². The molecular weight excluding hydrogens is 304 g/mol. The quantitative estimate of drug-likeness (QED) is 0.803. The first-order chi connectivity index (χ1) is 11.7. The molecule has 2 heterocycles. The van der Waals surface area contributed by atoms with Gasteiger partial charge in [0.2, 0.25) is 5.91 Å². The zero-order valence-electron chi connectivity index (χ0n) is 13.2. The Balaban J connectivity index is 1.54. The Hall–Kier alpha value is -3.02. The van der Waals surface area contributed by atoms with Crippen molar-refractivity contribution in [1.82, 2.24) is 19.8 Å². The van der Waals surface area contributed by atoms with Crippen LogP contribution in [0.25, 0.3) is 6.08 Å². The fraction of sp³-hybridized carbons (Fsp3) is 0.222. The summed E-state index contributed by atoms with van der Waals surface area (Å²) in [5.41, 5.74) is 1.32. The van der Waals surface area contributed by atoms with Gasteiger partial charge in [-0.2, -0.15) is 0 Å². The average Bonchev–Trinajstić information content (AvgIpc) is 2.67. The minimum atomic E-state index is -0.143. The molecule has 1 aromatic heterocycles. The van der Waals surface area contributed by atoms with Crippen LogP contribution in [0.2, 0.25) is 0 Å². The highest BCUT2D eigenvalue weighted by atomic mass is 16.2. The summed E-state index contributed by atoms with van der Waals surface area (Å²) in [4.78, 5) is 35.9. The van der Waals surface area contributed by atoms with Gasteiger partial charge < -0.3 is 9.80 Å². The molecule has 1 fully saturated rings. The maximum atomic E-state index is 12.3. The molecule has 0 unspecified atom stereocenters. The van der Waals surface area contributed by atoms with Crippen LogP contribution in [0.4, 0.5) is 0 Å². The van der Waals surface area contributed by atoms with Crippen LogP contribution in [0.5, 0.6) is 0 Å². The number of benzene rings is 1. The van der Waals surface area contributed by atoms with E-state index in [4.69, 9.17) is 0 Å². The molecule has 0 radical (unpaired) electrons. The summed E-state index contributed by atoms with van der Waals surface area (Å²) < 4.78 is 0. The zero-order valence-corrected chi connectivity index (χ0v) is 13.2. The fourth-order valence-electron chi connectivity index (χ4n) is 2.54. The first kappa shape index (κ1) is 15.9. The van der Waals surface area contributed by atoms with Crippen LogP contribution in [-0.4, -0.2) is 57.8 Å². The molecule has 1 aliphatic rings. The lowest BCUT2D eigenvalue weighted by Gasteiger charge is -2.34. The van der Waals surface area contributed by atoms with Crippen molar-refractivity contribution in [2.75, 3.05) is 26.2 Å². The number of hydrogen-bond acceptors (Lipinski definition) is 4. The Kier molecular flexibility index (Phi) is 4.96. The van der Waals surface area contributed by atoms with Crippen LogP contribution in [0.3, 0.4) is 0 Å². The lowest BCUT2D eigenvalue weighted by molar-refractivity contribution is -0.127. The minimum Gasteiger partial charge on any atom is -0.336 e. The summed E-state index contributed by atoms with van der Waals surface area (Å²) in [6.45, 7) is 2.04. The van der Waals surface area contributed by atoms with Gasteiger partial charge in [0.05, 0.1) is 6.20 Å². The summed E-state index contributed by atoms with van der Waals surface area (Å²) in [5.74, 6) is -0.180. The highest BCUT2D eigenvalue weighted by molar-refractivity contribution is 5.93. The Bertz CT molecular complexity index is 723. The first-order valence-corrected chi connectivity index (χ1v) is 7.81. The third kappa shape index (κ3) is 3.84. The van der Waals surface area contributed by atoms with E-state index in [0.29, 0.717) is 31.9 Å². The number of rotatable bonds is 3. The van der Waals surface area contributed by atoms with Crippen molar-refractivity contribution in [3.05, 3.63) is 66.3 Å². The second-order valence-corrected chi connectivity index (χ2v) is 5.45. The monoisotopic (exact) mass is 322 g/mol. The largest absolute Gasteiger partial charge is 0.336 e. The Morgan fingerprint density at radius 3 is 2.33 bits per heavy atom. The van der Waals surface area contributed by atoms with Gasteiger partial charge in [0.25, 0.3) is 5.91 Å². The van der Waals surface area contributed by atoms with Crippen molar-refractivity contribution in [3.63, 3.8) is 0 Å². The van der Waals surface area contributed by atoms with Gasteiger partial charge in [-0.25, -0.2) is 4.98 Å². The van der Waals surface area contributed by atoms with E-state index in [9.17, 15) is 9.59 Å². The van der Waals surface area contributed by atoms with Crippen molar-refractivity contribution in [2.24, 2.45) is 0 Å². The van der Waals surface area contributed by atoms with Crippen LogP contribution in [-0.2, 0) is 4.79 Å². The molecule has 1 aromatic carbocycles. The van der Waals surface area contributed by atoms with Gasteiger partial charge in [-0.05, 0) is 11.6 Å². The molecule has 0 atom stereocenters. The molecular formula is C18H18N4O2. The maximum absolute atomic E-state index is 12.3. The topological polar surface area (TPSA) is 66.4 Å². The van der Waals surface area contributed by atoms with Crippen LogP contribution >= 0.6 is 0 Å². The van der Waals surface area contributed by atoms with E-state index in [1.54, 1.807) is 22.0 Å². The van der Waals surface area contributed by atoms with Crippen LogP contribution in [0.1, 0.15) is 16.1 Å². The second kappa shape index (κ2) is 7.50. The Labute approximate surface area is 140 Å². The van der Waals surface area contributed by atoms with E-state index in [1.807, 2.05) is 30.3 Å². The molecule has 2 amide bonds. The second-order valence-electron chi connectivity index (χ2n) is 5.45. The molecule has 6 heteroatoms. The van der Waals surface area contributed by atoms with Gasteiger partial charge in [0.15, 0.2) is 0 Å². The van der Waals surface area contributed by atoms with Gasteiger partial charge in [-0.3, -0.25) is 14.6 Å². The molecule has 122 valence electrons. The van der Waals surface area contributed by atoms with Gasteiger partial charge >= 0.3 is 0 Å². The smallest absolute Gasteiger partial charge is 0.274 e. The van der Waals surface area contributed by atoms with Crippen molar-refractivity contribution in [1.29, 1.82) is 0 Å². The summed E-state index contributed by atoms with van der Waals surface area (Å²) in [5, 5.41) is 0. The van der Waals surface area contributed by atoms with E-state index < -0.39 is 0 Å². The van der Waals surface area contributed by atoms with Gasteiger partial charge in [-0.15, -0.1) is 0 Å². The van der Waals surface area contributed by atoms with Crippen molar-refractivity contribution in [3.8, 4) is 0 Å². The Morgan fingerprint density at radius 1 is 0.958 bits per heavy atom. The lowest BCUT2D eigenvalue weighted by Crippen LogP contribution is -2.50. The third-order valence-corrected chi connectivity index (χ3v) is 3.88. The molecule has 1 aliphatic heterocycles. The highest BCUT2D eigenvalue weighted by Gasteiger charge is 2.24. The lowest BCUT2D eigenvalue weighted by atomic mass is 10.2. The molecule has 0 bridgehead atoms. The summed E-state index contributed by atoms with van der Waals surface area (Å²) in [7, 11) is 0. The number of hydrogen-bond donors (Lipinski definition) is 0. The van der Waals surface area contributed by atoms with Crippen molar-refractivity contribution >= 4 is 17.9 Å². The van der Waals surface area contributed by atoms with Crippen LogP contribution < -0.4 is 0 Å². The third-order valence-electron chi connectivity index (χ3n) is 3.88. The van der Waals surface area contributed by atoms with Gasteiger partial charge in [0, 0.05) is 44.6 Å². The van der Waals surface area contributed by atoms with E-state index >= 15 is 0 Å². The number of carbonyl (C=O) groups excluding carboxylic acids is 2. The molecule has 0 aliphatic carbocycles. The number of carbonyl (C=O) groups is 2. The summed E-state index contributed by atoms with van der Waals surface area (Å²) in [6, 6.07) is 9.69. The molecule has 24 heavy (non-hydrogen) atoms. The predicted octanol–water partition coefficient (Wildman–Crippen LogP) is 1.47. The summed E-state index contributed by atoms with van der Waals surface area (Å²) >= 11 is 0. The van der Waals surface area contributed by atoms with E-state index in [1.165, 1.54) is 18.6 Å². The molecule has 0 N–H and O–H groups in total. The Morgan fingerprint density at radius 2 is 1.67 bits per heavy atom. The SMILES string of the molecule is O=C(/C=C/c1ccccc1)N1CCN(C(=O)c2cnccn2)CC1. The van der Waals surface area contributed by atoms with Crippen molar-refractivity contribution < 1.29 is 9.59 Å². The molecule has 6 nitrogen and oxygen atoms in total. The number of aromatic nitrogens is 2. The molecule has 0 saturated carbocycles. The number of piperazine rings is 1.